The Labute approximate surface area is 166 Å². The maximum atomic E-state index is 12.8. The average molecular weight is 384 g/mol. The fourth-order valence-electron chi connectivity index (χ4n) is 3.28. The number of urea groups is 1. The van der Waals surface area contributed by atoms with Crippen LogP contribution in [0.1, 0.15) is 31.9 Å². The van der Waals surface area contributed by atoms with Crippen LogP contribution in [0.15, 0.2) is 36.8 Å². The highest BCUT2D eigenvalue weighted by molar-refractivity contribution is 5.75. The van der Waals surface area contributed by atoms with E-state index in [1.54, 1.807) is 25.6 Å². The average Bonchev–Trinajstić information content (AvgIpc) is 2.73. The van der Waals surface area contributed by atoms with Crippen molar-refractivity contribution in [3.05, 3.63) is 42.4 Å². The summed E-state index contributed by atoms with van der Waals surface area (Å²) in [6, 6.07) is 5.56. The van der Waals surface area contributed by atoms with E-state index in [4.69, 9.17) is 4.74 Å². The minimum atomic E-state index is -0.0410. The monoisotopic (exact) mass is 384 g/mol. The third kappa shape index (κ3) is 5.09. The number of nitrogens with one attached hydrogen (secondary N) is 1. The standard InChI is InChI=1S/C20H28N6O2/c1-15(2)13-17(16-5-4-7-21-14-16)23-20(27)26-11-9-25(10-12-26)19-22-8-6-18(24-19)28-3/h4-8,14-15,17H,9-13H2,1-3H3,(H,23,27)/t17-/m0/s1. The summed E-state index contributed by atoms with van der Waals surface area (Å²) >= 11 is 0. The normalized spacial score (nSPS) is 15.4. The van der Waals surface area contributed by atoms with Crippen LogP contribution in [0.25, 0.3) is 0 Å². The predicted molar refractivity (Wildman–Crippen MR) is 107 cm³/mol. The molecule has 2 aromatic heterocycles. The van der Waals surface area contributed by atoms with Gasteiger partial charge in [0.15, 0.2) is 0 Å². The summed E-state index contributed by atoms with van der Waals surface area (Å²) in [5.74, 6) is 1.64. The first-order valence-corrected chi connectivity index (χ1v) is 9.64. The van der Waals surface area contributed by atoms with Crippen LogP contribution in [0.5, 0.6) is 5.88 Å². The van der Waals surface area contributed by atoms with E-state index in [1.165, 1.54) is 0 Å². The molecule has 1 aliphatic heterocycles. The van der Waals surface area contributed by atoms with Gasteiger partial charge in [-0.2, -0.15) is 4.98 Å². The molecular weight excluding hydrogens is 356 g/mol. The molecule has 150 valence electrons. The lowest BCUT2D eigenvalue weighted by Gasteiger charge is -2.35. The van der Waals surface area contributed by atoms with Gasteiger partial charge < -0.3 is 19.9 Å². The van der Waals surface area contributed by atoms with Crippen molar-refractivity contribution >= 4 is 12.0 Å². The summed E-state index contributed by atoms with van der Waals surface area (Å²) in [6.07, 6.45) is 6.13. The topological polar surface area (TPSA) is 83.5 Å². The molecular formula is C20H28N6O2. The third-order valence-corrected chi connectivity index (χ3v) is 4.77. The fraction of sp³-hybridized carbons (Fsp3) is 0.500. The molecule has 1 atom stereocenters. The number of carbonyl (C=O) groups is 1. The van der Waals surface area contributed by atoms with E-state index in [1.807, 2.05) is 23.2 Å². The highest BCUT2D eigenvalue weighted by Gasteiger charge is 2.25. The number of aromatic nitrogens is 3. The van der Waals surface area contributed by atoms with Crippen molar-refractivity contribution in [2.45, 2.75) is 26.3 Å². The van der Waals surface area contributed by atoms with Gasteiger partial charge in [-0.05, 0) is 24.0 Å². The number of hydrogen-bond acceptors (Lipinski definition) is 6. The number of carbonyl (C=O) groups excluding carboxylic acids is 1. The molecule has 28 heavy (non-hydrogen) atoms. The second-order valence-corrected chi connectivity index (χ2v) is 7.29. The number of anilines is 1. The van der Waals surface area contributed by atoms with Gasteiger partial charge in [0, 0.05) is 50.8 Å². The molecule has 1 N–H and O–H groups in total. The summed E-state index contributed by atoms with van der Waals surface area (Å²) < 4.78 is 5.16. The molecule has 8 nitrogen and oxygen atoms in total. The van der Waals surface area contributed by atoms with Gasteiger partial charge in [-0.25, -0.2) is 9.78 Å². The SMILES string of the molecule is COc1ccnc(N2CCN(C(=O)N[C@@H](CC(C)C)c3cccnc3)CC2)n1. The number of piperazine rings is 1. The Bertz CT molecular complexity index is 762. The van der Waals surface area contributed by atoms with E-state index in [0.29, 0.717) is 43.9 Å². The number of amides is 2. The van der Waals surface area contributed by atoms with E-state index < -0.39 is 0 Å². The van der Waals surface area contributed by atoms with Crippen LogP contribution >= 0.6 is 0 Å². The van der Waals surface area contributed by atoms with Crippen LogP contribution in [0, 0.1) is 5.92 Å². The van der Waals surface area contributed by atoms with Crippen molar-refractivity contribution in [1.82, 2.24) is 25.2 Å². The van der Waals surface area contributed by atoms with E-state index in [0.717, 1.165) is 12.0 Å². The van der Waals surface area contributed by atoms with Crippen LogP contribution in [0.4, 0.5) is 10.7 Å². The van der Waals surface area contributed by atoms with Gasteiger partial charge in [0.05, 0.1) is 13.2 Å². The molecule has 0 spiro atoms. The lowest BCUT2D eigenvalue weighted by atomic mass is 9.98. The van der Waals surface area contributed by atoms with Gasteiger partial charge in [0.2, 0.25) is 11.8 Å². The first-order chi connectivity index (χ1) is 13.6. The number of rotatable bonds is 6. The van der Waals surface area contributed by atoms with Crippen molar-refractivity contribution in [1.29, 1.82) is 0 Å². The molecule has 1 aliphatic rings. The molecule has 1 fully saturated rings. The van der Waals surface area contributed by atoms with Crippen molar-refractivity contribution < 1.29 is 9.53 Å². The van der Waals surface area contributed by atoms with Gasteiger partial charge in [-0.15, -0.1) is 0 Å². The summed E-state index contributed by atoms with van der Waals surface area (Å²) in [6.45, 7) is 6.91. The zero-order chi connectivity index (χ0) is 19.9. The molecule has 3 rings (SSSR count). The molecule has 0 bridgehead atoms. The Kier molecular flexibility index (Phi) is 6.62. The second kappa shape index (κ2) is 9.34. The van der Waals surface area contributed by atoms with E-state index in [9.17, 15) is 4.79 Å². The van der Waals surface area contributed by atoms with Crippen LogP contribution in [-0.2, 0) is 0 Å². The minimum Gasteiger partial charge on any atom is -0.481 e. The molecule has 2 amide bonds. The summed E-state index contributed by atoms with van der Waals surface area (Å²) in [5, 5.41) is 3.18. The zero-order valence-corrected chi connectivity index (χ0v) is 16.7. The predicted octanol–water partition coefficient (Wildman–Crippen LogP) is 2.50. The Morgan fingerprint density at radius 1 is 1.21 bits per heavy atom. The Morgan fingerprint density at radius 3 is 2.64 bits per heavy atom. The molecule has 0 saturated carbocycles. The molecule has 0 unspecified atom stereocenters. The fourth-order valence-corrected chi connectivity index (χ4v) is 3.28. The maximum Gasteiger partial charge on any atom is 0.318 e. The highest BCUT2D eigenvalue weighted by Crippen LogP contribution is 2.21. The van der Waals surface area contributed by atoms with E-state index in [2.05, 4.69) is 39.0 Å². The lowest BCUT2D eigenvalue weighted by Crippen LogP contribution is -2.52. The smallest absolute Gasteiger partial charge is 0.318 e. The molecule has 3 heterocycles. The number of hydrogen-bond donors (Lipinski definition) is 1. The molecule has 0 aliphatic carbocycles. The summed E-state index contributed by atoms with van der Waals surface area (Å²) in [5.41, 5.74) is 1.04. The van der Waals surface area contributed by atoms with Gasteiger partial charge in [-0.3, -0.25) is 4.98 Å². The molecule has 2 aromatic rings. The number of methoxy groups -OCH3 is 1. The second-order valence-electron chi connectivity index (χ2n) is 7.29. The third-order valence-electron chi connectivity index (χ3n) is 4.77. The van der Waals surface area contributed by atoms with Crippen LogP contribution < -0.4 is 15.0 Å². The van der Waals surface area contributed by atoms with Gasteiger partial charge >= 0.3 is 6.03 Å². The van der Waals surface area contributed by atoms with Crippen LogP contribution in [0.2, 0.25) is 0 Å². The maximum absolute atomic E-state index is 12.8. The van der Waals surface area contributed by atoms with Gasteiger partial charge in [-0.1, -0.05) is 19.9 Å². The molecule has 1 saturated heterocycles. The van der Waals surface area contributed by atoms with Gasteiger partial charge in [0.25, 0.3) is 0 Å². The largest absolute Gasteiger partial charge is 0.481 e. The Hall–Kier alpha value is -2.90. The quantitative estimate of drug-likeness (QED) is 0.824. The number of ether oxygens (including phenoxy) is 1. The molecule has 8 heteroatoms. The summed E-state index contributed by atoms with van der Waals surface area (Å²) in [4.78, 5) is 29.6. The van der Waals surface area contributed by atoms with Crippen molar-refractivity contribution in [3.63, 3.8) is 0 Å². The van der Waals surface area contributed by atoms with Crippen molar-refractivity contribution in [2.75, 3.05) is 38.2 Å². The van der Waals surface area contributed by atoms with E-state index in [-0.39, 0.29) is 12.1 Å². The van der Waals surface area contributed by atoms with Crippen LogP contribution in [-0.4, -0.2) is 59.2 Å². The Balaban J connectivity index is 1.59. The first kappa shape index (κ1) is 19.9. The molecule has 0 aromatic carbocycles. The van der Waals surface area contributed by atoms with Crippen molar-refractivity contribution in [3.8, 4) is 5.88 Å². The minimum absolute atomic E-state index is 0.0408. The summed E-state index contributed by atoms with van der Waals surface area (Å²) in [7, 11) is 1.59. The highest BCUT2D eigenvalue weighted by atomic mass is 16.5. The first-order valence-electron chi connectivity index (χ1n) is 9.64. The molecule has 0 radical (unpaired) electrons. The number of nitrogens with zero attached hydrogens (tertiary/aromatic N) is 5. The number of pyridine rings is 1. The lowest BCUT2D eigenvalue weighted by molar-refractivity contribution is 0.188. The zero-order valence-electron chi connectivity index (χ0n) is 16.7. The van der Waals surface area contributed by atoms with Crippen molar-refractivity contribution in [2.24, 2.45) is 5.92 Å². The van der Waals surface area contributed by atoms with Crippen LogP contribution in [0.3, 0.4) is 0 Å². The van der Waals surface area contributed by atoms with Gasteiger partial charge in [0.1, 0.15) is 0 Å². The van der Waals surface area contributed by atoms with E-state index >= 15 is 0 Å². The Morgan fingerprint density at radius 2 is 2.00 bits per heavy atom.